The van der Waals surface area contributed by atoms with Crippen LogP contribution in [0.2, 0.25) is 0 Å². The highest BCUT2D eigenvalue weighted by Gasteiger charge is 2.51. The number of ether oxygens (including phenoxy) is 2. The van der Waals surface area contributed by atoms with E-state index in [1.807, 2.05) is 24.3 Å². The van der Waals surface area contributed by atoms with Crippen LogP contribution in [0.25, 0.3) is 0 Å². The van der Waals surface area contributed by atoms with Crippen LogP contribution in [0.15, 0.2) is 48.5 Å². The van der Waals surface area contributed by atoms with Gasteiger partial charge in [-0.1, -0.05) is 24.3 Å². The summed E-state index contributed by atoms with van der Waals surface area (Å²) in [5.74, 6) is 0.146. The van der Waals surface area contributed by atoms with Crippen LogP contribution < -0.4 is 15.2 Å². The first-order chi connectivity index (χ1) is 14.3. The second kappa shape index (κ2) is 8.12. The van der Waals surface area contributed by atoms with Crippen molar-refractivity contribution in [2.75, 3.05) is 19.6 Å². The summed E-state index contributed by atoms with van der Waals surface area (Å²) in [6.07, 6.45) is -1.79. The standard InChI is InChI=1S/C23H27F3N2O2/c1-16(10-13-27)28-14-11-18(12-15-28)22(29-20-4-2-3-5-21(20)30-22)17-6-8-19(9-7-17)23(24,25)26/h2-9,16,18H,10-15,27H2,1H3. The van der Waals surface area contributed by atoms with E-state index in [0.717, 1.165) is 44.5 Å². The molecule has 2 aliphatic heterocycles. The lowest BCUT2D eigenvalue weighted by Gasteiger charge is -2.42. The minimum Gasteiger partial charge on any atom is -0.444 e. The second-order valence-electron chi connectivity index (χ2n) is 8.13. The molecule has 1 atom stereocenters. The zero-order valence-electron chi connectivity index (χ0n) is 17.0. The Kier molecular flexibility index (Phi) is 5.68. The third-order valence-electron chi connectivity index (χ3n) is 6.26. The van der Waals surface area contributed by atoms with Crippen LogP contribution in [0.3, 0.4) is 0 Å². The molecule has 2 aliphatic rings. The Morgan fingerprint density at radius 3 is 2.10 bits per heavy atom. The van der Waals surface area contributed by atoms with Crippen molar-refractivity contribution in [3.05, 3.63) is 59.7 Å². The first-order valence-electron chi connectivity index (χ1n) is 10.4. The number of hydrogen-bond donors (Lipinski definition) is 1. The summed E-state index contributed by atoms with van der Waals surface area (Å²) in [7, 11) is 0. The second-order valence-corrected chi connectivity index (χ2v) is 8.13. The number of likely N-dealkylation sites (tertiary alicyclic amines) is 1. The molecule has 2 aromatic carbocycles. The maximum Gasteiger partial charge on any atom is 0.416 e. The minimum atomic E-state index is -4.38. The fraction of sp³-hybridized carbons (Fsp3) is 0.478. The highest BCUT2D eigenvalue weighted by atomic mass is 19.4. The van der Waals surface area contributed by atoms with Crippen molar-refractivity contribution >= 4 is 0 Å². The average molecular weight is 420 g/mol. The Morgan fingerprint density at radius 1 is 1.03 bits per heavy atom. The van der Waals surface area contributed by atoms with Gasteiger partial charge in [-0.25, -0.2) is 0 Å². The van der Waals surface area contributed by atoms with Gasteiger partial charge in [0, 0.05) is 17.5 Å². The van der Waals surface area contributed by atoms with Crippen LogP contribution in [-0.4, -0.2) is 30.6 Å². The summed E-state index contributed by atoms with van der Waals surface area (Å²) in [4.78, 5) is 2.41. The molecule has 0 aliphatic carbocycles. The molecule has 0 saturated carbocycles. The van der Waals surface area contributed by atoms with Crippen LogP contribution in [0.4, 0.5) is 13.2 Å². The summed E-state index contributed by atoms with van der Waals surface area (Å²) >= 11 is 0. The molecule has 2 aromatic rings. The number of nitrogens with two attached hydrogens (primary N) is 1. The Hall–Kier alpha value is -2.25. The maximum atomic E-state index is 13.1. The van der Waals surface area contributed by atoms with Crippen LogP contribution >= 0.6 is 0 Å². The smallest absolute Gasteiger partial charge is 0.416 e. The van der Waals surface area contributed by atoms with Crippen molar-refractivity contribution in [1.29, 1.82) is 0 Å². The lowest BCUT2D eigenvalue weighted by molar-refractivity contribution is -0.150. The molecule has 0 amide bonds. The Balaban J connectivity index is 1.62. The molecule has 1 saturated heterocycles. The highest BCUT2D eigenvalue weighted by molar-refractivity contribution is 5.45. The van der Waals surface area contributed by atoms with Gasteiger partial charge in [-0.15, -0.1) is 0 Å². The fourth-order valence-corrected chi connectivity index (χ4v) is 4.52. The third kappa shape index (κ3) is 3.88. The molecule has 7 heteroatoms. The number of alkyl halides is 3. The molecular formula is C23H27F3N2O2. The van der Waals surface area contributed by atoms with E-state index in [1.54, 1.807) is 0 Å². The van der Waals surface area contributed by atoms with Gasteiger partial charge in [-0.3, -0.25) is 0 Å². The van der Waals surface area contributed by atoms with E-state index in [9.17, 15) is 13.2 Å². The molecule has 2 heterocycles. The summed E-state index contributed by atoms with van der Waals surface area (Å²) < 4.78 is 51.9. The molecule has 0 aromatic heterocycles. The van der Waals surface area contributed by atoms with Crippen molar-refractivity contribution in [1.82, 2.24) is 4.90 Å². The molecule has 162 valence electrons. The lowest BCUT2D eigenvalue weighted by atomic mass is 9.83. The number of para-hydroxylation sites is 2. The van der Waals surface area contributed by atoms with Gasteiger partial charge in [0.05, 0.1) is 5.56 Å². The molecule has 1 unspecified atom stereocenters. The molecule has 1 fully saturated rings. The van der Waals surface area contributed by atoms with Crippen LogP contribution in [0.1, 0.15) is 37.3 Å². The van der Waals surface area contributed by atoms with Crippen molar-refractivity contribution < 1.29 is 22.6 Å². The molecule has 0 spiro atoms. The van der Waals surface area contributed by atoms with E-state index in [0.29, 0.717) is 29.6 Å². The SMILES string of the molecule is CC(CCN)N1CCC(C2(c3ccc(C(F)(F)F)cc3)Oc3ccccc3O2)CC1. The molecule has 30 heavy (non-hydrogen) atoms. The van der Waals surface area contributed by atoms with Crippen molar-refractivity contribution in [2.24, 2.45) is 11.7 Å². The Bertz CT molecular complexity index is 836. The van der Waals surface area contributed by atoms with Gasteiger partial charge >= 0.3 is 6.18 Å². The van der Waals surface area contributed by atoms with Crippen LogP contribution in [0.5, 0.6) is 11.5 Å². The van der Waals surface area contributed by atoms with E-state index >= 15 is 0 Å². The number of fused-ring (bicyclic) bond motifs is 1. The Labute approximate surface area is 174 Å². The molecule has 0 radical (unpaired) electrons. The summed E-state index contributed by atoms with van der Waals surface area (Å²) in [6.45, 7) is 4.57. The molecule has 0 bridgehead atoms. The summed E-state index contributed by atoms with van der Waals surface area (Å²) in [5.41, 5.74) is 5.64. The van der Waals surface area contributed by atoms with E-state index in [2.05, 4.69) is 11.8 Å². The van der Waals surface area contributed by atoms with Crippen molar-refractivity contribution in [3.8, 4) is 11.5 Å². The predicted molar refractivity (Wildman–Crippen MR) is 108 cm³/mol. The fourth-order valence-electron chi connectivity index (χ4n) is 4.52. The molecular weight excluding hydrogens is 393 g/mol. The number of rotatable bonds is 5. The predicted octanol–water partition coefficient (Wildman–Crippen LogP) is 4.78. The van der Waals surface area contributed by atoms with Crippen LogP contribution in [0, 0.1) is 5.92 Å². The lowest BCUT2D eigenvalue weighted by Crippen LogP contribution is -2.50. The Morgan fingerprint density at radius 2 is 1.60 bits per heavy atom. The number of benzene rings is 2. The normalized spacial score (nSPS) is 20.3. The van der Waals surface area contributed by atoms with Gasteiger partial charge in [0.25, 0.3) is 5.79 Å². The van der Waals surface area contributed by atoms with Gasteiger partial charge in [0.15, 0.2) is 11.5 Å². The summed E-state index contributed by atoms with van der Waals surface area (Å²) in [5, 5.41) is 0. The van der Waals surface area contributed by atoms with Crippen molar-refractivity contribution in [3.63, 3.8) is 0 Å². The number of nitrogens with zero attached hydrogens (tertiary/aromatic N) is 1. The summed E-state index contributed by atoms with van der Waals surface area (Å²) in [6, 6.07) is 13.0. The number of halogens is 3. The van der Waals surface area contributed by atoms with E-state index < -0.39 is 17.5 Å². The van der Waals surface area contributed by atoms with Gasteiger partial charge in [-0.05, 0) is 70.1 Å². The number of hydrogen-bond acceptors (Lipinski definition) is 4. The first kappa shape index (κ1) is 21.0. The van der Waals surface area contributed by atoms with E-state index in [-0.39, 0.29) is 5.92 Å². The first-order valence-corrected chi connectivity index (χ1v) is 10.4. The van der Waals surface area contributed by atoms with E-state index in [1.165, 1.54) is 12.1 Å². The van der Waals surface area contributed by atoms with Gasteiger partial charge < -0.3 is 20.1 Å². The molecule has 4 rings (SSSR count). The quantitative estimate of drug-likeness (QED) is 0.756. The van der Waals surface area contributed by atoms with Gasteiger partial charge in [0.2, 0.25) is 0 Å². The minimum absolute atomic E-state index is 0.0166. The molecule has 2 N–H and O–H groups in total. The highest BCUT2D eigenvalue weighted by Crippen LogP contribution is 2.50. The maximum absolute atomic E-state index is 13.1. The van der Waals surface area contributed by atoms with Gasteiger partial charge in [0.1, 0.15) is 0 Å². The molecule has 4 nitrogen and oxygen atoms in total. The third-order valence-corrected chi connectivity index (χ3v) is 6.26. The largest absolute Gasteiger partial charge is 0.444 e. The monoisotopic (exact) mass is 420 g/mol. The zero-order valence-corrected chi connectivity index (χ0v) is 17.0. The van der Waals surface area contributed by atoms with Crippen molar-refractivity contribution in [2.45, 2.75) is 44.2 Å². The average Bonchev–Trinajstić information content (AvgIpc) is 3.14. The zero-order chi connectivity index (χ0) is 21.4. The van der Waals surface area contributed by atoms with Gasteiger partial charge in [-0.2, -0.15) is 13.2 Å². The topological polar surface area (TPSA) is 47.7 Å². The number of piperidine rings is 1. The van der Waals surface area contributed by atoms with E-state index in [4.69, 9.17) is 15.2 Å². The van der Waals surface area contributed by atoms with Crippen LogP contribution in [-0.2, 0) is 12.0 Å².